The van der Waals surface area contributed by atoms with E-state index in [-0.39, 0.29) is 0 Å². The lowest BCUT2D eigenvalue weighted by molar-refractivity contribution is 0.312. The summed E-state index contributed by atoms with van der Waals surface area (Å²) >= 11 is 0. The Bertz CT molecular complexity index is 871. The van der Waals surface area contributed by atoms with Crippen molar-refractivity contribution in [1.82, 2.24) is 0 Å². The zero-order valence-corrected chi connectivity index (χ0v) is 14.5. The Morgan fingerprint density at radius 1 is 0.625 bits per heavy atom. The van der Waals surface area contributed by atoms with Crippen molar-refractivity contribution >= 4 is 21.5 Å². The van der Waals surface area contributed by atoms with Crippen LogP contribution < -0.4 is 18.9 Å². The summed E-state index contributed by atoms with van der Waals surface area (Å²) in [5, 5.41) is 4.09. The smallest absolute Gasteiger partial charge is 0.169 e. The molecule has 0 bridgehead atoms. The van der Waals surface area contributed by atoms with Gasteiger partial charge in [0, 0.05) is 10.8 Å². The van der Waals surface area contributed by atoms with Crippen LogP contribution in [0.2, 0.25) is 0 Å². The standard InChI is InChI=1S/C20H22O4/c1-5-23-16-12-10-13-7-8-14-9-11-15(21-3)20(24-6-2)18(14)17(13)19(16)22-4/h7-12H,5-6H2,1-4H3. The molecular weight excluding hydrogens is 304 g/mol. The van der Waals surface area contributed by atoms with Gasteiger partial charge in [-0.05, 0) is 36.8 Å². The first kappa shape index (κ1) is 16.2. The summed E-state index contributed by atoms with van der Waals surface area (Å²) in [4.78, 5) is 0. The third-order valence-electron chi connectivity index (χ3n) is 4.01. The Morgan fingerprint density at radius 2 is 1.17 bits per heavy atom. The van der Waals surface area contributed by atoms with Crippen molar-refractivity contribution < 1.29 is 18.9 Å². The Hall–Kier alpha value is -2.62. The quantitative estimate of drug-likeness (QED) is 0.609. The van der Waals surface area contributed by atoms with Crippen molar-refractivity contribution in [2.75, 3.05) is 27.4 Å². The lowest BCUT2D eigenvalue weighted by Crippen LogP contribution is -1.99. The van der Waals surface area contributed by atoms with Crippen LogP contribution in [0.3, 0.4) is 0 Å². The summed E-state index contributed by atoms with van der Waals surface area (Å²) in [5.41, 5.74) is 0. The summed E-state index contributed by atoms with van der Waals surface area (Å²) < 4.78 is 22.9. The Morgan fingerprint density at radius 3 is 1.71 bits per heavy atom. The van der Waals surface area contributed by atoms with Crippen LogP contribution in [0.1, 0.15) is 13.8 Å². The molecular formula is C20H22O4. The number of benzene rings is 3. The van der Waals surface area contributed by atoms with Gasteiger partial charge in [0.2, 0.25) is 0 Å². The van der Waals surface area contributed by atoms with Crippen LogP contribution in [0.25, 0.3) is 21.5 Å². The first-order chi connectivity index (χ1) is 11.7. The molecule has 3 rings (SSSR count). The molecule has 0 aliphatic heterocycles. The zero-order valence-electron chi connectivity index (χ0n) is 14.5. The SMILES string of the molecule is CCOc1ccc2ccc3ccc(OC)c(OCC)c3c2c1OC. The Labute approximate surface area is 141 Å². The summed E-state index contributed by atoms with van der Waals surface area (Å²) in [6.45, 7) is 5.06. The number of ether oxygens (including phenoxy) is 4. The van der Waals surface area contributed by atoms with Crippen molar-refractivity contribution in [2.45, 2.75) is 13.8 Å². The van der Waals surface area contributed by atoms with Crippen LogP contribution in [0, 0.1) is 0 Å². The summed E-state index contributed by atoms with van der Waals surface area (Å²) in [7, 11) is 3.31. The second kappa shape index (κ2) is 6.87. The number of hydrogen-bond donors (Lipinski definition) is 0. The predicted octanol–water partition coefficient (Wildman–Crippen LogP) is 4.81. The summed E-state index contributed by atoms with van der Waals surface area (Å²) in [5.74, 6) is 2.88. The van der Waals surface area contributed by atoms with Crippen LogP contribution in [0.15, 0.2) is 36.4 Å². The first-order valence-electron chi connectivity index (χ1n) is 8.11. The van der Waals surface area contributed by atoms with Gasteiger partial charge in [0.05, 0.1) is 27.4 Å². The molecule has 126 valence electrons. The minimum atomic E-state index is 0.555. The molecule has 0 radical (unpaired) electrons. The van der Waals surface area contributed by atoms with Crippen LogP contribution in [-0.4, -0.2) is 27.4 Å². The van der Waals surface area contributed by atoms with Gasteiger partial charge in [0.15, 0.2) is 23.0 Å². The lowest BCUT2D eigenvalue weighted by Gasteiger charge is -2.17. The molecule has 0 unspecified atom stereocenters. The van der Waals surface area contributed by atoms with E-state index >= 15 is 0 Å². The highest BCUT2D eigenvalue weighted by Crippen LogP contribution is 2.45. The highest BCUT2D eigenvalue weighted by Gasteiger charge is 2.18. The topological polar surface area (TPSA) is 36.9 Å². The van der Waals surface area contributed by atoms with Gasteiger partial charge in [-0.15, -0.1) is 0 Å². The molecule has 0 heterocycles. The second-order valence-corrected chi connectivity index (χ2v) is 5.32. The van der Waals surface area contributed by atoms with Gasteiger partial charge in [-0.1, -0.05) is 24.3 Å². The molecule has 0 aromatic heterocycles. The summed E-state index contributed by atoms with van der Waals surface area (Å²) in [6, 6.07) is 12.1. The maximum atomic E-state index is 5.93. The number of methoxy groups -OCH3 is 2. The average molecular weight is 326 g/mol. The van der Waals surface area contributed by atoms with E-state index in [2.05, 4.69) is 12.1 Å². The monoisotopic (exact) mass is 326 g/mol. The van der Waals surface area contributed by atoms with E-state index in [0.717, 1.165) is 33.0 Å². The van der Waals surface area contributed by atoms with Crippen LogP contribution >= 0.6 is 0 Å². The van der Waals surface area contributed by atoms with Gasteiger partial charge < -0.3 is 18.9 Å². The van der Waals surface area contributed by atoms with Gasteiger partial charge in [-0.3, -0.25) is 0 Å². The molecule has 0 saturated carbocycles. The Kier molecular flexibility index (Phi) is 4.65. The maximum absolute atomic E-state index is 5.93. The highest BCUT2D eigenvalue weighted by molar-refractivity contribution is 6.15. The van der Waals surface area contributed by atoms with E-state index in [4.69, 9.17) is 18.9 Å². The lowest BCUT2D eigenvalue weighted by atomic mass is 9.99. The molecule has 4 heteroatoms. The molecule has 0 atom stereocenters. The van der Waals surface area contributed by atoms with E-state index in [1.807, 2.05) is 38.1 Å². The molecule has 4 nitrogen and oxygen atoms in total. The van der Waals surface area contributed by atoms with E-state index < -0.39 is 0 Å². The number of hydrogen-bond acceptors (Lipinski definition) is 4. The predicted molar refractivity (Wildman–Crippen MR) is 96.9 cm³/mol. The van der Waals surface area contributed by atoms with Crippen molar-refractivity contribution in [2.24, 2.45) is 0 Å². The van der Waals surface area contributed by atoms with Crippen molar-refractivity contribution in [1.29, 1.82) is 0 Å². The fourth-order valence-electron chi connectivity index (χ4n) is 3.05. The minimum absolute atomic E-state index is 0.555. The fraction of sp³-hybridized carbons (Fsp3) is 0.300. The molecule has 0 aliphatic rings. The maximum Gasteiger partial charge on any atom is 0.169 e. The third-order valence-corrected chi connectivity index (χ3v) is 4.01. The van der Waals surface area contributed by atoms with Crippen LogP contribution in [-0.2, 0) is 0 Å². The van der Waals surface area contributed by atoms with Crippen molar-refractivity contribution in [3.63, 3.8) is 0 Å². The zero-order chi connectivity index (χ0) is 17.1. The van der Waals surface area contributed by atoms with Crippen LogP contribution in [0.4, 0.5) is 0 Å². The number of fused-ring (bicyclic) bond motifs is 3. The average Bonchev–Trinajstić information content (AvgIpc) is 2.61. The Balaban J connectivity index is 2.48. The van der Waals surface area contributed by atoms with Gasteiger partial charge in [0.1, 0.15) is 0 Å². The summed E-state index contributed by atoms with van der Waals surface area (Å²) in [6.07, 6.45) is 0. The van der Waals surface area contributed by atoms with Gasteiger partial charge in [0.25, 0.3) is 0 Å². The van der Waals surface area contributed by atoms with E-state index in [9.17, 15) is 0 Å². The van der Waals surface area contributed by atoms with E-state index in [1.165, 1.54) is 0 Å². The molecule has 0 N–H and O–H groups in total. The second-order valence-electron chi connectivity index (χ2n) is 5.32. The third kappa shape index (κ3) is 2.58. The minimum Gasteiger partial charge on any atom is -0.493 e. The van der Waals surface area contributed by atoms with Crippen molar-refractivity contribution in [3.05, 3.63) is 36.4 Å². The van der Waals surface area contributed by atoms with Gasteiger partial charge >= 0.3 is 0 Å². The molecule has 3 aromatic carbocycles. The fourth-order valence-corrected chi connectivity index (χ4v) is 3.05. The molecule has 0 amide bonds. The molecule has 0 aliphatic carbocycles. The normalized spacial score (nSPS) is 10.8. The van der Waals surface area contributed by atoms with Crippen LogP contribution in [0.5, 0.6) is 23.0 Å². The molecule has 24 heavy (non-hydrogen) atoms. The molecule has 0 fully saturated rings. The number of rotatable bonds is 6. The van der Waals surface area contributed by atoms with E-state index in [1.54, 1.807) is 14.2 Å². The molecule has 3 aromatic rings. The first-order valence-corrected chi connectivity index (χ1v) is 8.11. The van der Waals surface area contributed by atoms with Gasteiger partial charge in [-0.2, -0.15) is 0 Å². The van der Waals surface area contributed by atoms with Crippen molar-refractivity contribution in [3.8, 4) is 23.0 Å². The van der Waals surface area contributed by atoms with Gasteiger partial charge in [-0.25, -0.2) is 0 Å². The molecule has 0 spiro atoms. The van der Waals surface area contributed by atoms with E-state index in [0.29, 0.717) is 24.7 Å². The highest BCUT2D eigenvalue weighted by atomic mass is 16.5. The largest absolute Gasteiger partial charge is 0.493 e. The molecule has 0 saturated heterocycles.